The van der Waals surface area contributed by atoms with Gasteiger partial charge in [0.25, 0.3) is 0 Å². The molecule has 0 aliphatic carbocycles. The smallest absolute Gasteiger partial charge is 0.0591 e. The summed E-state index contributed by atoms with van der Waals surface area (Å²) in [6, 6.07) is 0. The molecule has 0 fully saturated rings. The standard InChI is InChI=1S/CH4N2O3P/c1-5-3(4)6-2-7/h7H,1H3/q-1. The summed E-state index contributed by atoms with van der Waals surface area (Å²) in [6.07, 6.45) is 0. The molecule has 0 N–H and O–H groups in total. The van der Waals surface area contributed by atoms with Gasteiger partial charge in [-0.3, -0.25) is 4.84 Å². The van der Waals surface area contributed by atoms with Crippen LogP contribution in [0.1, 0.15) is 0 Å². The molecule has 0 atom stereocenters. The van der Waals surface area contributed by atoms with Crippen molar-refractivity contribution in [1.82, 2.24) is 5.39 Å². The van der Waals surface area contributed by atoms with E-state index in [1.807, 2.05) is 0 Å². The van der Waals surface area contributed by atoms with Crippen molar-refractivity contribution in [3.8, 4) is 0 Å². The van der Waals surface area contributed by atoms with Crippen LogP contribution in [0.3, 0.4) is 0 Å². The highest BCUT2D eigenvalue weighted by molar-refractivity contribution is 7.03. The number of rotatable bonds is 3. The van der Waals surface area contributed by atoms with E-state index >= 15 is 0 Å². The molecule has 0 rings (SSSR count). The van der Waals surface area contributed by atoms with Crippen LogP contribution in [0.5, 0.6) is 0 Å². The molecule has 0 aliphatic heterocycles. The summed E-state index contributed by atoms with van der Waals surface area (Å²) in [5.41, 5.74) is 0. The summed E-state index contributed by atoms with van der Waals surface area (Å²) >= 11 is 0. The number of hydrogen-bond acceptors (Lipinski definition) is 5. The normalized spacial score (nSPS) is 9.57. The van der Waals surface area contributed by atoms with Gasteiger partial charge in [0.15, 0.2) is 0 Å². The van der Waals surface area contributed by atoms with E-state index in [0.717, 1.165) is 7.11 Å². The lowest BCUT2D eigenvalue weighted by atomic mass is 11.7. The molecule has 0 bridgehead atoms. The Morgan fingerprint density at radius 1 is 1.86 bits per heavy atom. The van der Waals surface area contributed by atoms with Crippen LogP contribution in [0.2, 0.25) is 0 Å². The highest BCUT2D eigenvalue weighted by Crippen LogP contribution is 1.86. The van der Waals surface area contributed by atoms with Crippen molar-refractivity contribution >= 4 is 9.03 Å². The molecule has 0 unspecified atom stereocenters. The Labute approximate surface area is 42.6 Å². The topological polar surface area (TPSA) is 57.1 Å². The maximum Gasteiger partial charge on any atom is 0.0591 e. The maximum absolute atomic E-state index is 9.76. The second kappa shape index (κ2) is 4.11. The fourth-order valence-electron chi connectivity index (χ4n) is 0.0667. The van der Waals surface area contributed by atoms with Gasteiger partial charge in [-0.15, -0.1) is 15.2 Å². The first-order valence-electron chi connectivity index (χ1n) is 1.36. The van der Waals surface area contributed by atoms with E-state index in [4.69, 9.17) is 0 Å². The van der Waals surface area contributed by atoms with Crippen LogP contribution in [-0.4, -0.2) is 12.5 Å². The molecule has 7 heavy (non-hydrogen) atoms. The van der Waals surface area contributed by atoms with Crippen molar-refractivity contribution in [3.63, 3.8) is 0 Å². The molecule has 0 aliphatic rings. The van der Waals surface area contributed by atoms with Crippen LogP contribution in [-0.2, 0) is 9.78 Å². The molecule has 0 aromatic rings. The lowest BCUT2D eigenvalue weighted by Crippen LogP contribution is -2.10. The summed E-state index contributed by atoms with van der Waals surface area (Å²) in [4.78, 5) is 10.5. The van der Waals surface area contributed by atoms with Crippen LogP contribution >= 0.6 is 9.03 Å². The first kappa shape index (κ1) is 6.94. The van der Waals surface area contributed by atoms with Crippen molar-refractivity contribution in [2.24, 2.45) is 4.91 Å². The minimum Gasteiger partial charge on any atom is -0.736 e. The molecule has 0 heterocycles. The van der Waals surface area contributed by atoms with Gasteiger partial charge in [0.2, 0.25) is 0 Å². The van der Waals surface area contributed by atoms with Crippen molar-refractivity contribution < 1.29 is 9.78 Å². The minimum atomic E-state index is -0.160. The Kier molecular flexibility index (Phi) is 4.07. The van der Waals surface area contributed by atoms with Gasteiger partial charge in [0.05, 0.1) is 7.11 Å². The van der Waals surface area contributed by atoms with Gasteiger partial charge >= 0.3 is 0 Å². The molecule has 0 saturated heterocycles. The summed E-state index contributed by atoms with van der Waals surface area (Å²) in [5.74, 6) is 0. The molecule has 0 radical (unpaired) electrons. The van der Waals surface area contributed by atoms with Crippen LogP contribution in [0, 0.1) is 5.21 Å². The average Bonchev–Trinajstić information content (AvgIpc) is 1.68. The van der Waals surface area contributed by atoms with E-state index in [9.17, 15) is 5.21 Å². The van der Waals surface area contributed by atoms with Crippen molar-refractivity contribution in [3.05, 3.63) is 5.21 Å². The van der Waals surface area contributed by atoms with E-state index in [1.54, 1.807) is 0 Å². The zero-order chi connectivity index (χ0) is 5.70. The summed E-state index contributed by atoms with van der Waals surface area (Å²) in [7, 11) is 3.67. The summed E-state index contributed by atoms with van der Waals surface area (Å²) < 4.78 is 0. The van der Waals surface area contributed by atoms with Crippen molar-refractivity contribution in [2.45, 2.75) is 0 Å². The first-order chi connectivity index (χ1) is 3.31. The highest BCUT2D eigenvalue weighted by atomic mass is 31.0. The first-order valence-corrected chi connectivity index (χ1v) is 1.81. The Hall–Kier alpha value is -0.0600. The average molecular weight is 123 g/mol. The molecule has 0 aromatic heterocycles. The third-order valence-electron chi connectivity index (χ3n) is 0.257. The van der Waals surface area contributed by atoms with E-state index < -0.39 is 0 Å². The zero-order valence-corrected chi connectivity index (χ0v) is 4.62. The van der Waals surface area contributed by atoms with Gasteiger partial charge in [-0.05, 0) is 0 Å². The summed E-state index contributed by atoms with van der Waals surface area (Å²) in [5, 5.41) is 9.60. The quantitative estimate of drug-likeness (QED) is 0.405. The third kappa shape index (κ3) is 3.78. The van der Waals surface area contributed by atoms with Crippen molar-refractivity contribution in [2.75, 3.05) is 7.11 Å². The van der Waals surface area contributed by atoms with Crippen LogP contribution in [0.4, 0.5) is 0 Å². The van der Waals surface area contributed by atoms with Crippen LogP contribution in [0.25, 0.3) is 0 Å². The second-order valence-electron chi connectivity index (χ2n) is 0.579. The molecular weight excluding hydrogens is 119 g/mol. The highest BCUT2D eigenvalue weighted by Gasteiger charge is 1.77. The second-order valence-corrected chi connectivity index (χ2v) is 0.762. The molecular formula is CH4N2O3P-. The SMILES string of the molecule is CON([O-])ON=P. The monoisotopic (exact) mass is 123 g/mol. The lowest BCUT2D eigenvalue weighted by Gasteiger charge is -2.17. The molecule has 42 valence electrons. The molecule has 6 heteroatoms. The minimum absolute atomic E-state index is 0.160. The predicted molar refractivity (Wildman–Crippen MR) is 24.0 cm³/mol. The van der Waals surface area contributed by atoms with Gasteiger partial charge in [0.1, 0.15) is 0 Å². The Morgan fingerprint density at radius 3 is 2.57 bits per heavy atom. The van der Waals surface area contributed by atoms with E-state index in [0.29, 0.717) is 0 Å². The Morgan fingerprint density at radius 2 is 2.43 bits per heavy atom. The van der Waals surface area contributed by atoms with Gasteiger partial charge < -0.3 is 5.21 Å². The number of hydrogen-bond donors (Lipinski definition) is 0. The van der Waals surface area contributed by atoms with Gasteiger partial charge in [0, 0.05) is 9.03 Å². The van der Waals surface area contributed by atoms with Crippen LogP contribution in [0.15, 0.2) is 4.91 Å². The number of nitrogens with zero attached hydrogens (tertiary/aromatic N) is 2. The Balaban J connectivity index is 2.98. The molecule has 0 aromatic carbocycles. The molecule has 0 saturated carbocycles. The van der Waals surface area contributed by atoms with E-state index in [-0.39, 0.29) is 5.39 Å². The fraction of sp³-hybridized carbons (Fsp3) is 1.00. The van der Waals surface area contributed by atoms with Gasteiger partial charge in [-0.25, -0.2) is 0 Å². The largest absolute Gasteiger partial charge is 0.736 e. The van der Waals surface area contributed by atoms with Crippen LogP contribution < -0.4 is 0 Å². The van der Waals surface area contributed by atoms with Crippen molar-refractivity contribution in [1.29, 1.82) is 0 Å². The summed E-state index contributed by atoms with van der Waals surface area (Å²) in [6.45, 7) is 0. The van der Waals surface area contributed by atoms with Gasteiger partial charge in [-0.1, -0.05) is 0 Å². The van der Waals surface area contributed by atoms with E-state index in [2.05, 4.69) is 23.7 Å². The lowest BCUT2D eigenvalue weighted by molar-refractivity contribution is -0.322. The molecule has 5 nitrogen and oxygen atoms in total. The van der Waals surface area contributed by atoms with E-state index in [1.165, 1.54) is 0 Å². The van der Waals surface area contributed by atoms with Gasteiger partial charge in [-0.2, -0.15) is 0 Å². The predicted octanol–water partition coefficient (Wildman–Crippen LogP) is 0.521. The zero-order valence-electron chi connectivity index (χ0n) is 3.62. The Bertz CT molecular complexity index is 58.9. The fourth-order valence-corrected chi connectivity index (χ4v) is 0.133. The third-order valence-corrected chi connectivity index (χ3v) is 0.338. The molecule has 0 spiro atoms. The molecule has 0 amide bonds. The maximum atomic E-state index is 9.76.